The van der Waals surface area contributed by atoms with Crippen LogP contribution in [-0.2, 0) is 4.79 Å². The summed E-state index contributed by atoms with van der Waals surface area (Å²) >= 11 is 0. The molecule has 2 rings (SSSR count). The fourth-order valence-corrected chi connectivity index (χ4v) is 2.04. The van der Waals surface area contributed by atoms with Gasteiger partial charge < -0.3 is 10.2 Å². The maximum atomic E-state index is 12.0. The topological polar surface area (TPSA) is 48.5 Å². The third-order valence-corrected chi connectivity index (χ3v) is 3.22. The summed E-state index contributed by atoms with van der Waals surface area (Å²) in [6.07, 6.45) is 2.25. The van der Waals surface area contributed by atoms with Crippen LogP contribution in [0.15, 0.2) is 24.4 Å². The molecule has 0 spiro atoms. The molecule has 0 aromatic carbocycles. The number of nitrogens with one attached hydrogen (secondary N) is 1. The summed E-state index contributed by atoms with van der Waals surface area (Å²) in [5.74, 6) is 0.829. The minimum Gasteiger partial charge on any atom is -0.314 e. The lowest BCUT2D eigenvalue weighted by Gasteiger charge is -2.27. The average molecular weight is 248 g/mol. The van der Waals surface area contributed by atoms with Gasteiger partial charge in [-0.2, -0.15) is 0 Å². The van der Waals surface area contributed by atoms with Gasteiger partial charge in [-0.3, -0.25) is 9.69 Å². The van der Waals surface area contributed by atoms with Crippen LogP contribution < -0.4 is 10.2 Å². The molecule has 0 saturated carbocycles. The van der Waals surface area contributed by atoms with Gasteiger partial charge in [0.2, 0.25) is 5.91 Å². The van der Waals surface area contributed by atoms with Crippen molar-refractivity contribution in [1.82, 2.24) is 15.2 Å². The zero-order valence-corrected chi connectivity index (χ0v) is 10.8. The second-order valence-corrected chi connectivity index (χ2v) is 4.48. The Morgan fingerprint density at radius 2 is 2.22 bits per heavy atom. The third kappa shape index (κ3) is 3.51. The molecule has 1 fully saturated rings. The molecule has 1 N–H and O–H groups in total. The van der Waals surface area contributed by atoms with Crippen molar-refractivity contribution in [3.8, 4) is 0 Å². The van der Waals surface area contributed by atoms with E-state index in [9.17, 15) is 4.79 Å². The minimum absolute atomic E-state index is 0.118. The van der Waals surface area contributed by atoms with Gasteiger partial charge in [-0.25, -0.2) is 4.98 Å². The Bertz CT molecular complexity index is 376. The van der Waals surface area contributed by atoms with Crippen molar-refractivity contribution in [2.24, 2.45) is 0 Å². The Morgan fingerprint density at radius 3 is 2.89 bits per heavy atom. The van der Waals surface area contributed by atoms with Gasteiger partial charge in [0.25, 0.3) is 0 Å². The normalized spacial score (nSPS) is 16.5. The molecular formula is C13H20N4O. The molecule has 2 heterocycles. The first-order valence-electron chi connectivity index (χ1n) is 6.38. The second kappa shape index (κ2) is 6.47. The molecule has 1 saturated heterocycles. The fraction of sp³-hybridized carbons (Fsp3) is 0.538. The van der Waals surface area contributed by atoms with Crippen LogP contribution in [0.25, 0.3) is 0 Å². The summed E-state index contributed by atoms with van der Waals surface area (Å²) in [6, 6.07) is 5.59. The summed E-state index contributed by atoms with van der Waals surface area (Å²) in [7, 11) is 1.78. The highest BCUT2D eigenvalue weighted by Gasteiger charge is 2.15. The zero-order chi connectivity index (χ0) is 12.8. The summed E-state index contributed by atoms with van der Waals surface area (Å²) < 4.78 is 0. The predicted molar refractivity (Wildman–Crippen MR) is 71.6 cm³/mol. The van der Waals surface area contributed by atoms with Crippen molar-refractivity contribution in [3.63, 3.8) is 0 Å². The molecule has 0 atom stereocenters. The van der Waals surface area contributed by atoms with Crippen molar-refractivity contribution in [2.75, 3.05) is 44.7 Å². The van der Waals surface area contributed by atoms with E-state index in [1.165, 1.54) is 0 Å². The molecule has 0 radical (unpaired) electrons. The maximum absolute atomic E-state index is 12.0. The molecule has 5 heteroatoms. The zero-order valence-electron chi connectivity index (χ0n) is 10.8. The van der Waals surface area contributed by atoms with E-state index in [-0.39, 0.29) is 5.91 Å². The van der Waals surface area contributed by atoms with Gasteiger partial charge >= 0.3 is 0 Å². The summed E-state index contributed by atoms with van der Waals surface area (Å²) in [5.41, 5.74) is 0. The molecule has 5 nitrogen and oxygen atoms in total. The molecule has 98 valence electrons. The molecule has 0 unspecified atom stereocenters. The lowest BCUT2D eigenvalue weighted by Crippen LogP contribution is -2.44. The van der Waals surface area contributed by atoms with E-state index >= 15 is 0 Å². The third-order valence-electron chi connectivity index (χ3n) is 3.22. The van der Waals surface area contributed by atoms with Crippen LogP contribution >= 0.6 is 0 Å². The number of piperazine rings is 1. The minimum atomic E-state index is 0.118. The highest BCUT2D eigenvalue weighted by Crippen LogP contribution is 2.08. The first-order valence-corrected chi connectivity index (χ1v) is 6.38. The Kier molecular flexibility index (Phi) is 4.66. The van der Waals surface area contributed by atoms with Gasteiger partial charge in [-0.15, -0.1) is 0 Å². The van der Waals surface area contributed by atoms with Crippen LogP contribution in [-0.4, -0.2) is 55.6 Å². The maximum Gasteiger partial charge on any atom is 0.229 e. The number of pyridine rings is 1. The highest BCUT2D eigenvalue weighted by atomic mass is 16.2. The fourth-order valence-electron chi connectivity index (χ4n) is 2.04. The van der Waals surface area contributed by atoms with E-state index in [1.807, 2.05) is 18.2 Å². The number of hydrogen-bond donors (Lipinski definition) is 1. The molecule has 1 aromatic rings. The number of carbonyl (C=O) groups is 1. The van der Waals surface area contributed by atoms with Crippen molar-refractivity contribution >= 4 is 11.7 Å². The summed E-state index contributed by atoms with van der Waals surface area (Å²) in [5, 5.41) is 3.30. The highest BCUT2D eigenvalue weighted by molar-refractivity contribution is 5.91. The molecule has 0 aliphatic carbocycles. The number of amides is 1. The first-order chi connectivity index (χ1) is 8.77. The van der Waals surface area contributed by atoms with Gasteiger partial charge in [0.1, 0.15) is 5.82 Å². The number of rotatable bonds is 4. The van der Waals surface area contributed by atoms with Crippen LogP contribution in [0.3, 0.4) is 0 Å². The van der Waals surface area contributed by atoms with Crippen molar-refractivity contribution in [2.45, 2.75) is 6.42 Å². The number of carbonyl (C=O) groups excluding carboxylic acids is 1. The predicted octanol–water partition coefficient (Wildman–Crippen LogP) is 0.340. The summed E-state index contributed by atoms with van der Waals surface area (Å²) in [6.45, 7) is 4.92. The van der Waals surface area contributed by atoms with Crippen molar-refractivity contribution < 1.29 is 4.79 Å². The van der Waals surface area contributed by atoms with E-state index < -0.39 is 0 Å². The molecule has 18 heavy (non-hydrogen) atoms. The molecule has 1 aromatic heterocycles. The molecule has 1 aliphatic heterocycles. The number of hydrogen-bond acceptors (Lipinski definition) is 4. The molecule has 1 amide bonds. The van der Waals surface area contributed by atoms with E-state index in [1.54, 1.807) is 18.1 Å². The average Bonchev–Trinajstić information content (AvgIpc) is 2.46. The van der Waals surface area contributed by atoms with Gasteiger partial charge in [-0.05, 0) is 12.1 Å². The Balaban J connectivity index is 1.80. The Labute approximate surface area is 108 Å². The van der Waals surface area contributed by atoms with E-state index in [0.29, 0.717) is 12.2 Å². The van der Waals surface area contributed by atoms with E-state index in [4.69, 9.17) is 0 Å². The number of aromatic nitrogens is 1. The Morgan fingerprint density at radius 1 is 1.44 bits per heavy atom. The van der Waals surface area contributed by atoms with Gasteiger partial charge in [0.15, 0.2) is 0 Å². The second-order valence-electron chi connectivity index (χ2n) is 4.48. The van der Waals surface area contributed by atoms with Crippen LogP contribution in [0, 0.1) is 0 Å². The molecule has 0 bridgehead atoms. The molecular weight excluding hydrogens is 228 g/mol. The monoisotopic (exact) mass is 248 g/mol. The number of anilines is 1. The van der Waals surface area contributed by atoms with Gasteiger partial charge in [0.05, 0.1) is 0 Å². The lowest BCUT2D eigenvalue weighted by molar-refractivity contribution is -0.118. The largest absolute Gasteiger partial charge is 0.314 e. The SMILES string of the molecule is CN(C(=O)CCN1CCNCC1)c1ccccn1. The van der Waals surface area contributed by atoms with Gasteiger partial charge in [-0.1, -0.05) is 6.07 Å². The van der Waals surface area contributed by atoms with Crippen molar-refractivity contribution in [1.29, 1.82) is 0 Å². The van der Waals surface area contributed by atoms with Crippen LogP contribution in [0.4, 0.5) is 5.82 Å². The van der Waals surface area contributed by atoms with Crippen LogP contribution in [0.1, 0.15) is 6.42 Å². The van der Waals surface area contributed by atoms with E-state index in [0.717, 1.165) is 32.7 Å². The van der Waals surface area contributed by atoms with Gasteiger partial charge in [0, 0.05) is 52.4 Å². The van der Waals surface area contributed by atoms with Crippen LogP contribution in [0.5, 0.6) is 0 Å². The lowest BCUT2D eigenvalue weighted by atomic mass is 10.3. The summed E-state index contributed by atoms with van der Waals surface area (Å²) in [4.78, 5) is 20.2. The van der Waals surface area contributed by atoms with Crippen LogP contribution in [0.2, 0.25) is 0 Å². The Hall–Kier alpha value is -1.46. The smallest absolute Gasteiger partial charge is 0.229 e. The standard InChI is InChI=1S/C13H20N4O/c1-16(12-4-2-3-6-15-12)13(18)5-9-17-10-7-14-8-11-17/h2-4,6,14H,5,7-11H2,1H3. The quantitative estimate of drug-likeness (QED) is 0.835. The molecule has 1 aliphatic rings. The first kappa shape index (κ1) is 13.0. The van der Waals surface area contributed by atoms with E-state index in [2.05, 4.69) is 15.2 Å². The number of nitrogens with zero attached hydrogens (tertiary/aromatic N) is 3. The van der Waals surface area contributed by atoms with Crippen molar-refractivity contribution in [3.05, 3.63) is 24.4 Å².